The van der Waals surface area contributed by atoms with E-state index in [1.54, 1.807) is 0 Å². The van der Waals surface area contributed by atoms with Crippen LogP contribution in [0.3, 0.4) is 0 Å². The van der Waals surface area contributed by atoms with Crippen LogP contribution in [0.1, 0.15) is 104 Å². The number of rotatable bonds is 17. The first kappa shape index (κ1) is 20.2. The van der Waals surface area contributed by atoms with Crippen molar-refractivity contribution < 1.29 is 4.43 Å². The van der Waals surface area contributed by atoms with Crippen molar-refractivity contribution in [1.82, 2.24) is 0 Å². The summed E-state index contributed by atoms with van der Waals surface area (Å²) in [6, 6.07) is 1.25. The quantitative estimate of drug-likeness (QED) is 0.219. The van der Waals surface area contributed by atoms with E-state index in [1.165, 1.54) is 95.9 Å². The third-order valence-corrected chi connectivity index (χ3v) is 4.92. The summed E-state index contributed by atoms with van der Waals surface area (Å²) < 4.78 is 5.60. The Morgan fingerprint density at radius 3 is 1.45 bits per heavy atom. The molecule has 0 amide bonds. The molecule has 0 bridgehead atoms. The summed E-state index contributed by atoms with van der Waals surface area (Å²) in [5, 5.41) is 0. The summed E-state index contributed by atoms with van der Waals surface area (Å²) in [6.45, 7) is 5.51. The molecule has 0 aromatic heterocycles. The van der Waals surface area contributed by atoms with Crippen LogP contribution in [0, 0.1) is 0 Å². The zero-order valence-corrected chi connectivity index (χ0v) is 15.2. The summed E-state index contributed by atoms with van der Waals surface area (Å²) in [6.07, 6.45) is 19.8. The molecule has 0 rings (SSSR count). The number of unbranched alkanes of at least 4 members (excludes halogenated alkanes) is 12. The molecule has 0 atom stereocenters. The number of hydrogen-bond acceptors (Lipinski definition) is 1. The Hall–Kier alpha value is 0.177. The van der Waals surface area contributed by atoms with Crippen LogP contribution in [-0.4, -0.2) is 16.4 Å². The highest BCUT2D eigenvalue weighted by molar-refractivity contribution is 6.26. The van der Waals surface area contributed by atoms with E-state index in [0.29, 0.717) is 0 Å². The standard InChI is InChI=1S/C18H38OSi/c1-3-5-6-7-8-9-10-11-12-13-14-15-16-17-19-20-18-4-2/h3-18H2,1-2H3. The molecule has 2 radical (unpaired) electrons. The van der Waals surface area contributed by atoms with Crippen molar-refractivity contribution in [2.75, 3.05) is 6.61 Å². The van der Waals surface area contributed by atoms with Crippen molar-refractivity contribution in [2.45, 2.75) is 110 Å². The third kappa shape index (κ3) is 18.2. The summed E-state index contributed by atoms with van der Waals surface area (Å²) in [5.74, 6) is 0. The molecule has 0 aromatic carbocycles. The van der Waals surface area contributed by atoms with Gasteiger partial charge in [-0.2, -0.15) is 0 Å². The lowest BCUT2D eigenvalue weighted by atomic mass is 10.0. The van der Waals surface area contributed by atoms with Gasteiger partial charge in [0, 0.05) is 6.61 Å². The molecule has 0 spiro atoms. The highest BCUT2D eigenvalue weighted by atomic mass is 28.2. The molecule has 1 nitrogen and oxygen atoms in total. The molecule has 0 aliphatic rings. The minimum atomic E-state index is 0.744. The van der Waals surface area contributed by atoms with Crippen molar-refractivity contribution >= 4 is 9.76 Å². The molecule has 2 heteroatoms. The van der Waals surface area contributed by atoms with Gasteiger partial charge in [-0.25, -0.2) is 0 Å². The van der Waals surface area contributed by atoms with E-state index in [4.69, 9.17) is 4.43 Å². The maximum atomic E-state index is 5.60. The highest BCUT2D eigenvalue weighted by Gasteiger charge is 1.94. The van der Waals surface area contributed by atoms with Gasteiger partial charge in [0.15, 0.2) is 0 Å². The van der Waals surface area contributed by atoms with Crippen LogP contribution in [0.25, 0.3) is 0 Å². The van der Waals surface area contributed by atoms with Crippen molar-refractivity contribution in [1.29, 1.82) is 0 Å². The SMILES string of the molecule is CCCCCCCCCCCCCCCO[Si]CCC. The van der Waals surface area contributed by atoms with Crippen molar-refractivity contribution in [3.8, 4) is 0 Å². The second-order valence-electron chi connectivity index (χ2n) is 5.99. The van der Waals surface area contributed by atoms with Gasteiger partial charge in [0.2, 0.25) is 9.76 Å². The zero-order valence-electron chi connectivity index (χ0n) is 14.2. The minimum Gasteiger partial charge on any atom is -0.417 e. The molecule has 0 aliphatic heterocycles. The summed E-state index contributed by atoms with van der Waals surface area (Å²) >= 11 is 0. The Morgan fingerprint density at radius 1 is 0.550 bits per heavy atom. The van der Waals surface area contributed by atoms with Crippen LogP contribution in [0.4, 0.5) is 0 Å². The smallest absolute Gasteiger partial charge is 0.229 e. The van der Waals surface area contributed by atoms with E-state index in [-0.39, 0.29) is 0 Å². The molecular weight excluding hydrogens is 260 g/mol. The van der Waals surface area contributed by atoms with Crippen LogP contribution in [-0.2, 0) is 4.43 Å². The molecule has 0 fully saturated rings. The van der Waals surface area contributed by atoms with Crippen molar-refractivity contribution in [2.24, 2.45) is 0 Å². The molecule has 120 valence electrons. The number of hydrogen-bond donors (Lipinski definition) is 0. The lowest BCUT2D eigenvalue weighted by Crippen LogP contribution is -1.99. The molecule has 0 saturated carbocycles. The second kappa shape index (κ2) is 19.2. The fourth-order valence-electron chi connectivity index (χ4n) is 2.44. The van der Waals surface area contributed by atoms with Gasteiger partial charge in [0.1, 0.15) is 0 Å². The van der Waals surface area contributed by atoms with Crippen LogP contribution in [0.15, 0.2) is 0 Å². The normalized spacial score (nSPS) is 11.1. The third-order valence-electron chi connectivity index (χ3n) is 3.80. The summed E-state index contributed by atoms with van der Waals surface area (Å²) in [5.41, 5.74) is 0. The maximum absolute atomic E-state index is 5.60. The van der Waals surface area contributed by atoms with Gasteiger partial charge in [-0.15, -0.1) is 0 Å². The average Bonchev–Trinajstić information content (AvgIpc) is 2.47. The fourth-order valence-corrected chi connectivity index (χ4v) is 3.08. The molecule has 0 aromatic rings. The summed E-state index contributed by atoms with van der Waals surface area (Å²) in [7, 11) is 0.744. The van der Waals surface area contributed by atoms with Crippen molar-refractivity contribution in [3.63, 3.8) is 0 Å². The highest BCUT2D eigenvalue weighted by Crippen LogP contribution is 2.12. The van der Waals surface area contributed by atoms with E-state index in [0.717, 1.165) is 16.4 Å². The maximum Gasteiger partial charge on any atom is 0.229 e. The molecule has 0 unspecified atom stereocenters. The van der Waals surface area contributed by atoms with E-state index in [1.807, 2.05) is 0 Å². The second-order valence-corrected chi connectivity index (χ2v) is 7.06. The molecular formula is C18H38OSi. The topological polar surface area (TPSA) is 9.23 Å². The van der Waals surface area contributed by atoms with Crippen molar-refractivity contribution in [3.05, 3.63) is 0 Å². The Bertz CT molecular complexity index is 143. The minimum absolute atomic E-state index is 0.744. The Labute approximate surface area is 131 Å². The van der Waals surface area contributed by atoms with Crippen LogP contribution < -0.4 is 0 Å². The fraction of sp³-hybridized carbons (Fsp3) is 1.00. The van der Waals surface area contributed by atoms with Gasteiger partial charge in [0.05, 0.1) is 0 Å². The molecule has 0 aliphatic carbocycles. The lowest BCUT2D eigenvalue weighted by Gasteiger charge is -2.03. The lowest BCUT2D eigenvalue weighted by molar-refractivity contribution is 0.319. The van der Waals surface area contributed by atoms with Gasteiger partial charge in [0.25, 0.3) is 0 Å². The van der Waals surface area contributed by atoms with Gasteiger partial charge in [-0.05, 0) is 12.5 Å². The molecule has 0 N–H and O–H groups in total. The first-order valence-corrected chi connectivity index (χ1v) is 10.4. The van der Waals surface area contributed by atoms with Crippen LogP contribution in [0.2, 0.25) is 6.04 Å². The van der Waals surface area contributed by atoms with E-state index >= 15 is 0 Å². The van der Waals surface area contributed by atoms with Crippen LogP contribution in [0.5, 0.6) is 0 Å². The van der Waals surface area contributed by atoms with Crippen LogP contribution >= 0.6 is 0 Å². The van der Waals surface area contributed by atoms with Gasteiger partial charge >= 0.3 is 0 Å². The molecule has 0 heterocycles. The molecule has 0 saturated heterocycles. The average molecular weight is 299 g/mol. The Balaban J connectivity index is 2.89. The van der Waals surface area contributed by atoms with E-state index in [2.05, 4.69) is 13.8 Å². The van der Waals surface area contributed by atoms with E-state index in [9.17, 15) is 0 Å². The molecule has 20 heavy (non-hydrogen) atoms. The largest absolute Gasteiger partial charge is 0.417 e. The predicted octanol–water partition coefficient (Wildman–Crippen LogP) is 6.54. The Kier molecular flexibility index (Phi) is 19.3. The van der Waals surface area contributed by atoms with Gasteiger partial charge in [-0.1, -0.05) is 97.3 Å². The summed E-state index contributed by atoms with van der Waals surface area (Å²) in [4.78, 5) is 0. The Morgan fingerprint density at radius 2 is 1.00 bits per heavy atom. The predicted molar refractivity (Wildman–Crippen MR) is 92.5 cm³/mol. The zero-order chi connectivity index (χ0) is 14.7. The monoisotopic (exact) mass is 298 g/mol. The van der Waals surface area contributed by atoms with Gasteiger partial charge < -0.3 is 4.43 Å². The first-order chi connectivity index (χ1) is 9.91. The van der Waals surface area contributed by atoms with Gasteiger partial charge in [-0.3, -0.25) is 0 Å². The van der Waals surface area contributed by atoms with E-state index < -0.39 is 0 Å². The first-order valence-electron chi connectivity index (χ1n) is 9.26.